The molecule has 1 atom stereocenters. The van der Waals surface area contributed by atoms with Crippen LogP contribution in [0.25, 0.3) is 5.57 Å². The van der Waals surface area contributed by atoms with Crippen LogP contribution < -0.4 is 10.7 Å². The van der Waals surface area contributed by atoms with Crippen LogP contribution in [0.4, 0.5) is 18.9 Å². The van der Waals surface area contributed by atoms with E-state index in [0.29, 0.717) is 6.42 Å². The van der Waals surface area contributed by atoms with Crippen LogP contribution in [-0.2, 0) is 17.5 Å². The highest BCUT2D eigenvalue weighted by Crippen LogP contribution is 2.36. The zero-order chi connectivity index (χ0) is 24.4. The monoisotopic (exact) mass is 482 g/mol. The number of hydrogen-bond acceptors (Lipinski definition) is 6. The lowest BCUT2D eigenvalue weighted by molar-refractivity contribution is -0.137. The van der Waals surface area contributed by atoms with Gasteiger partial charge in [0.25, 0.3) is 5.91 Å². The summed E-state index contributed by atoms with van der Waals surface area (Å²) in [7, 11) is 0. The molecule has 1 unspecified atom stereocenters. The SMILES string of the molecule is O=C(Nc1cnccc1C(F)(F)F)C1=NNC2=CC=C(c3cncc(CN4CCCCC4)c3)CC21. The van der Waals surface area contributed by atoms with E-state index in [1.165, 1.54) is 19.3 Å². The molecule has 0 radical (unpaired) electrons. The van der Waals surface area contributed by atoms with Gasteiger partial charge in [0, 0.05) is 30.8 Å². The molecule has 1 aliphatic carbocycles. The highest BCUT2D eigenvalue weighted by molar-refractivity contribution is 6.45. The Labute approximate surface area is 200 Å². The Balaban J connectivity index is 1.30. The normalized spacial score (nSPS) is 20.3. The summed E-state index contributed by atoms with van der Waals surface area (Å²) >= 11 is 0. The van der Waals surface area contributed by atoms with E-state index in [9.17, 15) is 18.0 Å². The third kappa shape index (κ3) is 5.12. The first kappa shape index (κ1) is 23.2. The lowest BCUT2D eigenvalue weighted by atomic mass is 9.85. The van der Waals surface area contributed by atoms with Gasteiger partial charge >= 0.3 is 6.18 Å². The van der Waals surface area contributed by atoms with Crippen LogP contribution in [0.15, 0.2) is 59.9 Å². The van der Waals surface area contributed by atoms with Gasteiger partial charge in [-0.25, -0.2) is 0 Å². The molecule has 0 saturated carbocycles. The molecule has 0 bridgehead atoms. The summed E-state index contributed by atoms with van der Waals surface area (Å²) in [5, 5.41) is 6.46. The van der Waals surface area contributed by atoms with Crippen LogP contribution in [0.2, 0.25) is 0 Å². The van der Waals surface area contributed by atoms with E-state index < -0.39 is 23.3 Å². The van der Waals surface area contributed by atoms with E-state index in [1.54, 1.807) is 6.20 Å². The average Bonchev–Trinajstić information content (AvgIpc) is 3.28. The number of carbonyl (C=O) groups excluding carboxylic acids is 1. The van der Waals surface area contributed by atoms with Crippen molar-refractivity contribution in [2.75, 3.05) is 18.4 Å². The van der Waals surface area contributed by atoms with Crippen molar-refractivity contribution < 1.29 is 18.0 Å². The Bertz CT molecular complexity index is 1210. The van der Waals surface area contributed by atoms with Crippen LogP contribution in [-0.4, -0.2) is 39.6 Å². The van der Waals surface area contributed by atoms with Crippen molar-refractivity contribution in [1.82, 2.24) is 20.3 Å². The lowest BCUT2D eigenvalue weighted by Crippen LogP contribution is -2.30. The first-order valence-electron chi connectivity index (χ1n) is 11.6. The topological polar surface area (TPSA) is 82.5 Å². The standard InChI is InChI=1S/C25H25F3N6O/c26-25(27,28)20-6-7-29-14-22(20)31-24(35)23-19-11-17(4-5-21(19)32-33-23)18-10-16(12-30-13-18)15-34-8-2-1-3-9-34/h4-7,10,12-14,19,32H,1-3,8-9,11,15H2,(H,31,35). The summed E-state index contributed by atoms with van der Waals surface area (Å²) in [4.78, 5) is 23.5. The van der Waals surface area contributed by atoms with E-state index in [1.807, 2.05) is 18.3 Å². The highest BCUT2D eigenvalue weighted by atomic mass is 19.4. The Morgan fingerprint density at radius 2 is 1.94 bits per heavy atom. The van der Waals surface area contributed by atoms with Crippen molar-refractivity contribution in [3.8, 4) is 0 Å². The Hall–Kier alpha value is -3.53. The molecule has 4 heterocycles. The lowest BCUT2D eigenvalue weighted by Gasteiger charge is -2.26. The molecule has 0 spiro atoms. The smallest absolute Gasteiger partial charge is 0.319 e. The number of amides is 1. The van der Waals surface area contributed by atoms with Crippen LogP contribution >= 0.6 is 0 Å². The number of fused-ring (bicyclic) bond motifs is 1. The van der Waals surface area contributed by atoms with Gasteiger partial charge in [0.15, 0.2) is 0 Å². The Morgan fingerprint density at radius 1 is 1.11 bits per heavy atom. The highest BCUT2D eigenvalue weighted by Gasteiger charge is 2.37. The predicted octanol–water partition coefficient (Wildman–Crippen LogP) is 4.37. The largest absolute Gasteiger partial charge is 0.418 e. The second-order valence-corrected chi connectivity index (χ2v) is 8.97. The maximum atomic E-state index is 13.3. The first-order chi connectivity index (χ1) is 16.9. The Kier molecular flexibility index (Phi) is 6.38. The molecule has 2 N–H and O–H groups in total. The van der Waals surface area contributed by atoms with E-state index in [2.05, 4.69) is 36.8 Å². The van der Waals surface area contributed by atoms with Crippen molar-refractivity contribution in [1.29, 1.82) is 0 Å². The van der Waals surface area contributed by atoms with Crippen molar-refractivity contribution in [2.24, 2.45) is 11.0 Å². The van der Waals surface area contributed by atoms with Crippen LogP contribution in [0.5, 0.6) is 0 Å². The van der Waals surface area contributed by atoms with Crippen molar-refractivity contribution in [2.45, 2.75) is 38.4 Å². The number of alkyl halides is 3. The van der Waals surface area contributed by atoms with Gasteiger partial charge in [-0.05, 0) is 67.3 Å². The third-order valence-electron chi connectivity index (χ3n) is 6.53. The minimum Gasteiger partial charge on any atom is -0.319 e. The zero-order valence-electron chi connectivity index (χ0n) is 19.0. The maximum absolute atomic E-state index is 13.3. The van der Waals surface area contributed by atoms with Gasteiger partial charge in [0.05, 0.1) is 23.4 Å². The number of piperidine rings is 1. The van der Waals surface area contributed by atoms with Gasteiger partial charge in [0.1, 0.15) is 5.71 Å². The zero-order valence-corrected chi connectivity index (χ0v) is 19.0. The predicted molar refractivity (Wildman–Crippen MR) is 126 cm³/mol. The molecule has 1 saturated heterocycles. The number of halogens is 3. The second-order valence-electron chi connectivity index (χ2n) is 8.97. The number of anilines is 1. The van der Waals surface area contributed by atoms with E-state index >= 15 is 0 Å². The summed E-state index contributed by atoms with van der Waals surface area (Å²) in [6.07, 6.45) is 9.13. The summed E-state index contributed by atoms with van der Waals surface area (Å²) in [6, 6.07) is 2.96. The van der Waals surface area contributed by atoms with E-state index in [-0.39, 0.29) is 11.6 Å². The fourth-order valence-corrected chi connectivity index (χ4v) is 4.74. The number of rotatable bonds is 5. The molecule has 2 aromatic rings. The van der Waals surface area contributed by atoms with Crippen LogP contribution in [0.1, 0.15) is 42.4 Å². The molecular weight excluding hydrogens is 457 g/mol. The number of nitrogens with one attached hydrogen (secondary N) is 2. The van der Waals surface area contributed by atoms with E-state index in [4.69, 9.17) is 0 Å². The molecule has 2 aliphatic heterocycles. The molecule has 7 nitrogen and oxygen atoms in total. The molecule has 1 amide bonds. The van der Waals surface area contributed by atoms with Crippen molar-refractivity contribution in [3.05, 3.63) is 71.5 Å². The van der Waals surface area contributed by atoms with Crippen LogP contribution in [0, 0.1) is 5.92 Å². The number of allylic oxidation sites excluding steroid dienone is 4. The molecule has 3 aliphatic rings. The fraction of sp³-hybridized carbons (Fsp3) is 0.360. The van der Waals surface area contributed by atoms with Gasteiger partial charge in [-0.15, -0.1) is 0 Å². The molecule has 0 aromatic carbocycles. The quantitative estimate of drug-likeness (QED) is 0.662. The van der Waals surface area contributed by atoms with E-state index in [0.717, 1.165) is 60.5 Å². The first-order valence-corrected chi connectivity index (χ1v) is 11.6. The molecule has 1 fully saturated rings. The summed E-state index contributed by atoms with van der Waals surface area (Å²) in [6.45, 7) is 3.03. The fourth-order valence-electron chi connectivity index (χ4n) is 4.74. The van der Waals surface area contributed by atoms with Crippen molar-refractivity contribution >= 4 is 22.9 Å². The molecular formula is C25H25F3N6O. The number of nitrogens with zero attached hydrogens (tertiary/aromatic N) is 4. The average molecular weight is 483 g/mol. The maximum Gasteiger partial charge on any atom is 0.418 e. The summed E-state index contributed by atoms with van der Waals surface area (Å²) < 4.78 is 40.0. The van der Waals surface area contributed by atoms with Gasteiger partial charge in [0.2, 0.25) is 0 Å². The number of aromatic nitrogens is 2. The molecule has 182 valence electrons. The van der Waals surface area contributed by atoms with Crippen LogP contribution in [0.3, 0.4) is 0 Å². The molecule has 2 aromatic heterocycles. The van der Waals surface area contributed by atoms with Gasteiger partial charge in [-0.3, -0.25) is 25.1 Å². The summed E-state index contributed by atoms with van der Waals surface area (Å²) in [5.74, 6) is -1.07. The van der Waals surface area contributed by atoms with Gasteiger partial charge < -0.3 is 5.32 Å². The Morgan fingerprint density at radius 3 is 2.74 bits per heavy atom. The molecule has 5 rings (SSSR count). The molecule has 10 heteroatoms. The minimum absolute atomic E-state index is 0.135. The number of pyridine rings is 2. The van der Waals surface area contributed by atoms with Gasteiger partial charge in [-0.2, -0.15) is 18.3 Å². The van der Waals surface area contributed by atoms with Gasteiger partial charge in [-0.1, -0.05) is 12.5 Å². The third-order valence-corrected chi connectivity index (χ3v) is 6.53. The second kappa shape index (κ2) is 9.61. The number of hydrazone groups is 1. The molecule has 35 heavy (non-hydrogen) atoms. The number of carbonyl (C=O) groups is 1. The van der Waals surface area contributed by atoms with Crippen molar-refractivity contribution in [3.63, 3.8) is 0 Å². The number of hydrogen-bond donors (Lipinski definition) is 2. The number of likely N-dealkylation sites (tertiary alicyclic amines) is 1. The summed E-state index contributed by atoms with van der Waals surface area (Å²) in [5.41, 5.74) is 5.45. The minimum atomic E-state index is -4.61.